The van der Waals surface area contributed by atoms with Crippen molar-refractivity contribution in [1.29, 1.82) is 0 Å². The molecule has 0 saturated carbocycles. The number of aromatic nitrogens is 1. The number of nitrogens with two attached hydrogens (primary N) is 1. The number of piperazine rings is 1. The number of anilines is 1. The van der Waals surface area contributed by atoms with Crippen LogP contribution < -0.4 is 10.6 Å². The summed E-state index contributed by atoms with van der Waals surface area (Å²) in [5.74, 6) is 0.656. The van der Waals surface area contributed by atoms with E-state index in [9.17, 15) is 0 Å². The Hall–Kier alpha value is -1.68. The van der Waals surface area contributed by atoms with Gasteiger partial charge in [0, 0.05) is 55.7 Å². The maximum atomic E-state index is 6.35. The molecular weight excluding hydrogens is 380 g/mol. The highest BCUT2D eigenvalue weighted by Crippen LogP contribution is 2.26. The summed E-state index contributed by atoms with van der Waals surface area (Å²) in [6.45, 7) is 7.81. The summed E-state index contributed by atoms with van der Waals surface area (Å²) in [6.07, 6.45) is 1.86. The smallest absolute Gasteiger partial charge is 0.191 e. The molecule has 0 radical (unpaired) electrons. The number of ether oxygens (including phenoxy) is 1. The van der Waals surface area contributed by atoms with Gasteiger partial charge in [0.1, 0.15) is 0 Å². The molecule has 4 heterocycles. The Morgan fingerprint density at radius 3 is 2.63 bits per heavy atom. The molecule has 27 heavy (non-hydrogen) atoms. The zero-order chi connectivity index (χ0) is 18.5. The Kier molecular flexibility index (Phi) is 6.23. The lowest BCUT2D eigenvalue weighted by Crippen LogP contribution is -2.51. The van der Waals surface area contributed by atoms with E-state index in [1.54, 1.807) is 22.7 Å². The number of rotatable bonds is 5. The van der Waals surface area contributed by atoms with Crippen LogP contribution in [0.25, 0.3) is 0 Å². The molecule has 9 heteroatoms. The molecule has 4 rings (SSSR count). The van der Waals surface area contributed by atoms with Gasteiger partial charge in [-0.1, -0.05) is 6.07 Å². The number of morpholine rings is 1. The Morgan fingerprint density at radius 2 is 1.96 bits per heavy atom. The van der Waals surface area contributed by atoms with Gasteiger partial charge in [-0.3, -0.25) is 9.89 Å². The number of hydrogen-bond donors (Lipinski definition) is 1. The molecule has 2 aromatic rings. The topological polar surface area (TPSA) is 70.2 Å². The van der Waals surface area contributed by atoms with E-state index >= 15 is 0 Å². The van der Waals surface area contributed by atoms with Crippen LogP contribution in [0.5, 0.6) is 0 Å². The van der Waals surface area contributed by atoms with Crippen molar-refractivity contribution in [3.63, 3.8) is 0 Å². The molecule has 0 spiro atoms. The molecule has 2 saturated heterocycles. The number of thiophene rings is 1. The minimum absolute atomic E-state index is 0.282. The lowest BCUT2D eigenvalue weighted by molar-refractivity contribution is 0.0186. The van der Waals surface area contributed by atoms with Gasteiger partial charge < -0.3 is 20.3 Å². The number of thiazole rings is 1. The van der Waals surface area contributed by atoms with E-state index in [1.165, 1.54) is 4.88 Å². The predicted molar refractivity (Wildman–Crippen MR) is 112 cm³/mol. The normalized spacial score (nSPS) is 20.8. The fraction of sp³-hybridized carbons (Fsp3) is 0.556. The van der Waals surface area contributed by atoms with Crippen LogP contribution in [0.1, 0.15) is 10.9 Å². The maximum absolute atomic E-state index is 6.35. The Bertz CT molecular complexity index is 706. The highest BCUT2D eigenvalue weighted by atomic mass is 32.1. The fourth-order valence-electron chi connectivity index (χ4n) is 3.53. The van der Waals surface area contributed by atoms with Crippen LogP contribution in [0.2, 0.25) is 0 Å². The van der Waals surface area contributed by atoms with Crippen molar-refractivity contribution in [2.24, 2.45) is 10.7 Å². The van der Waals surface area contributed by atoms with E-state index in [2.05, 4.69) is 37.2 Å². The zero-order valence-electron chi connectivity index (χ0n) is 15.4. The van der Waals surface area contributed by atoms with E-state index < -0.39 is 0 Å². The van der Waals surface area contributed by atoms with Gasteiger partial charge in [-0.2, -0.15) is 0 Å². The van der Waals surface area contributed by atoms with Crippen LogP contribution in [0.4, 0.5) is 5.13 Å². The molecule has 2 aliphatic rings. The predicted octanol–water partition coefficient (Wildman–Crippen LogP) is 1.71. The van der Waals surface area contributed by atoms with E-state index in [-0.39, 0.29) is 6.04 Å². The van der Waals surface area contributed by atoms with Gasteiger partial charge in [-0.25, -0.2) is 4.98 Å². The minimum atomic E-state index is 0.282. The summed E-state index contributed by atoms with van der Waals surface area (Å²) in [6, 6.07) is 4.59. The van der Waals surface area contributed by atoms with E-state index in [1.807, 2.05) is 11.6 Å². The second-order valence-electron chi connectivity index (χ2n) is 6.67. The summed E-state index contributed by atoms with van der Waals surface area (Å²) in [5.41, 5.74) is 6.35. The van der Waals surface area contributed by atoms with Crippen molar-refractivity contribution in [1.82, 2.24) is 14.8 Å². The number of nitrogens with zero attached hydrogens (tertiary/aromatic N) is 5. The lowest BCUT2D eigenvalue weighted by Gasteiger charge is -2.36. The summed E-state index contributed by atoms with van der Waals surface area (Å²) in [5, 5.41) is 5.25. The van der Waals surface area contributed by atoms with E-state index in [0.717, 1.165) is 57.6 Å². The van der Waals surface area contributed by atoms with Crippen LogP contribution >= 0.6 is 22.7 Å². The average Bonchev–Trinajstić information content (AvgIpc) is 3.43. The molecule has 1 atom stereocenters. The van der Waals surface area contributed by atoms with Crippen molar-refractivity contribution < 1.29 is 4.74 Å². The summed E-state index contributed by atoms with van der Waals surface area (Å²) >= 11 is 3.48. The molecule has 2 fully saturated rings. The first-order valence-corrected chi connectivity index (χ1v) is 11.1. The second-order valence-corrected chi connectivity index (χ2v) is 8.52. The summed E-state index contributed by atoms with van der Waals surface area (Å²) < 4.78 is 5.51. The Morgan fingerprint density at radius 1 is 1.15 bits per heavy atom. The van der Waals surface area contributed by atoms with Gasteiger partial charge in [0.05, 0.1) is 25.8 Å². The van der Waals surface area contributed by atoms with E-state index in [4.69, 9.17) is 15.5 Å². The van der Waals surface area contributed by atoms with Gasteiger partial charge in [0.2, 0.25) is 0 Å². The first-order chi connectivity index (χ1) is 13.3. The first kappa shape index (κ1) is 18.7. The van der Waals surface area contributed by atoms with Crippen molar-refractivity contribution in [2.45, 2.75) is 6.04 Å². The number of guanidine groups is 1. The van der Waals surface area contributed by atoms with Crippen LogP contribution in [0.3, 0.4) is 0 Å². The van der Waals surface area contributed by atoms with Crippen LogP contribution in [0, 0.1) is 0 Å². The molecule has 2 N–H and O–H groups in total. The molecule has 0 aliphatic carbocycles. The standard InChI is InChI=1S/C18H26N6OS2/c19-17(23-4-6-24(7-5-23)18-20-3-13-27-18)21-14-15(16-2-1-12-26-16)22-8-10-25-11-9-22/h1-3,12-13,15H,4-11,14H2,(H2,19,21). The highest BCUT2D eigenvalue weighted by Gasteiger charge is 2.24. The molecule has 2 aromatic heterocycles. The molecular formula is C18H26N6OS2. The number of hydrogen-bond acceptors (Lipinski definition) is 7. The summed E-state index contributed by atoms with van der Waals surface area (Å²) in [7, 11) is 0. The minimum Gasteiger partial charge on any atom is -0.379 e. The van der Waals surface area contributed by atoms with Crippen LogP contribution in [-0.4, -0.2) is 79.8 Å². The van der Waals surface area contributed by atoms with Gasteiger partial charge in [-0.05, 0) is 11.4 Å². The molecule has 0 aromatic carbocycles. The third-order valence-electron chi connectivity index (χ3n) is 5.08. The lowest BCUT2D eigenvalue weighted by atomic mass is 10.2. The molecule has 0 bridgehead atoms. The average molecular weight is 407 g/mol. The van der Waals surface area contributed by atoms with Crippen LogP contribution in [0.15, 0.2) is 34.1 Å². The van der Waals surface area contributed by atoms with Gasteiger partial charge in [0.25, 0.3) is 0 Å². The molecule has 7 nitrogen and oxygen atoms in total. The Balaban J connectivity index is 1.36. The second kappa shape index (κ2) is 9.01. The summed E-state index contributed by atoms with van der Waals surface area (Å²) in [4.78, 5) is 17.5. The van der Waals surface area contributed by atoms with Gasteiger partial charge >= 0.3 is 0 Å². The number of aliphatic imine (C=N–C) groups is 1. The van der Waals surface area contributed by atoms with Gasteiger partial charge in [0.15, 0.2) is 11.1 Å². The molecule has 1 unspecified atom stereocenters. The van der Waals surface area contributed by atoms with Crippen molar-refractivity contribution >= 4 is 33.8 Å². The quantitative estimate of drug-likeness (QED) is 0.602. The van der Waals surface area contributed by atoms with Gasteiger partial charge in [-0.15, -0.1) is 22.7 Å². The third-order valence-corrected chi connectivity index (χ3v) is 6.88. The monoisotopic (exact) mass is 406 g/mol. The molecule has 0 amide bonds. The maximum Gasteiger partial charge on any atom is 0.191 e. The third kappa shape index (κ3) is 4.60. The van der Waals surface area contributed by atoms with Crippen LogP contribution in [-0.2, 0) is 4.74 Å². The fourth-order valence-corrected chi connectivity index (χ4v) is 5.08. The van der Waals surface area contributed by atoms with Crippen molar-refractivity contribution in [2.75, 3.05) is 63.9 Å². The Labute approximate surface area is 168 Å². The largest absolute Gasteiger partial charge is 0.379 e. The SMILES string of the molecule is NC(=NCC(c1cccs1)N1CCOCC1)N1CCN(c2nccs2)CC1. The van der Waals surface area contributed by atoms with Crippen molar-refractivity contribution in [3.8, 4) is 0 Å². The first-order valence-electron chi connectivity index (χ1n) is 9.36. The van der Waals surface area contributed by atoms with Crippen molar-refractivity contribution in [3.05, 3.63) is 34.0 Å². The molecule has 2 aliphatic heterocycles. The van der Waals surface area contributed by atoms with E-state index in [0.29, 0.717) is 12.5 Å². The highest BCUT2D eigenvalue weighted by molar-refractivity contribution is 7.13. The zero-order valence-corrected chi connectivity index (χ0v) is 17.0. The molecule has 146 valence electrons.